The first kappa shape index (κ1) is 138. The van der Waals surface area contributed by atoms with Gasteiger partial charge < -0.3 is 88.8 Å². The van der Waals surface area contributed by atoms with Crippen LogP contribution in [0.25, 0.3) is 0 Å². The third-order valence-corrected chi connectivity index (χ3v) is 16.8. The number of carbonyl (C=O) groups excluding carboxylic acids is 13. The molecule has 0 bridgehead atoms. The summed E-state index contributed by atoms with van der Waals surface area (Å²) < 4.78 is 19.2. The van der Waals surface area contributed by atoms with Crippen LogP contribution in [0, 0.1) is 14.0 Å². The number of nitrogens with one attached hydrogen (secondary N) is 8. The number of halogens is 4. The molecule has 11 N–H and O–H groups in total. The minimum Gasteiger partial charge on any atom is -0.508 e. The van der Waals surface area contributed by atoms with Crippen molar-refractivity contribution in [3.63, 3.8) is 0 Å². The van der Waals surface area contributed by atoms with Gasteiger partial charge in [-0.25, -0.2) is 4.79 Å². The van der Waals surface area contributed by atoms with Gasteiger partial charge in [-0.05, 0) is 100 Å². The van der Waals surface area contributed by atoms with Crippen LogP contribution >= 0.6 is 46.4 Å². The molecule has 123 heavy (non-hydrogen) atoms. The minimum absolute atomic E-state index is 0. The SMILES string of the molecule is C=C(CCc1ccc(N(CCCl)CCCl)cc1)NC(CCCCNC(=O)CCOC)C(=O)O.CCCNC(=O)CCOC.CCNC(=O)CCN1C(=O)C=CC1=O.CNC(=O)CCN1C(=O)C=CC1=O.COCCCNC(=O)CCCc1ccc(N(CCCl)CCCl)cc1.O.[CH2-]CNC(=O)CCOC.[CH2-]NC(=O)CCN1C(=O)C=CC1=O.[Y].[Y].[Y].[Y].[Y].[Y]. The number of aryl methyl sites for hydroxylation is 2. The van der Waals surface area contributed by atoms with Crippen LogP contribution in [0.4, 0.5) is 11.4 Å². The van der Waals surface area contributed by atoms with Gasteiger partial charge >= 0.3 is 5.97 Å². The number of allylic oxidation sites excluding steroid dienone is 1. The second-order valence-electron chi connectivity index (χ2n) is 25.0. The summed E-state index contributed by atoms with van der Waals surface area (Å²) >= 11 is 23.4. The smallest absolute Gasteiger partial charge is 0.326 e. The Bertz CT molecular complexity index is 3240. The summed E-state index contributed by atoms with van der Waals surface area (Å²) in [5.74, 6) is -1.33. The van der Waals surface area contributed by atoms with E-state index in [4.69, 9.17) is 60.6 Å². The molecule has 43 heteroatoms. The summed E-state index contributed by atoms with van der Waals surface area (Å²) in [6.45, 7) is 19.8. The van der Waals surface area contributed by atoms with Crippen molar-refractivity contribution < 1.29 is 293 Å². The fraction of sp³-hybridized carbons (Fsp3) is 0.550. The molecule has 0 spiro atoms. The monoisotopic (exact) mass is 2260 g/mol. The Morgan fingerprint density at radius 3 is 1.13 bits per heavy atom. The Labute approximate surface area is 897 Å². The molecule has 0 saturated heterocycles. The van der Waals surface area contributed by atoms with Crippen LogP contribution in [0.2, 0.25) is 0 Å². The largest absolute Gasteiger partial charge is 0.508 e. The van der Waals surface area contributed by atoms with E-state index >= 15 is 0 Å². The number of amides is 13. The number of hydrogen-bond donors (Lipinski definition) is 9. The second-order valence-corrected chi connectivity index (χ2v) is 26.5. The van der Waals surface area contributed by atoms with Crippen molar-refractivity contribution in [2.45, 2.75) is 123 Å². The molecule has 0 aliphatic carbocycles. The van der Waals surface area contributed by atoms with Crippen LogP contribution < -0.4 is 52.3 Å². The summed E-state index contributed by atoms with van der Waals surface area (Å²) in [5, 5.41) is 30.7. The number of carbonyl (C=O) groups is 14. The molecule has 3 aliphatic rings. The standard InChI is InChI=1S/C24H37Cl2N3O4.C18H28Cl2N2O2.C9H12N2O3.C8H10N2O3.C8H9N2O3.C7H15NO2.C6H12NO2.H2O.6Y/c1-19(6-7-20-8-10-21(11-9-20)29(16-13-25)17-14-26)28-22(24(31)32)5-3-4-15-27-23(30)12-18-33-2;1-24-15-3-12-21-18(23)5-2-4-16-6-8-17(9-7-16)22(13-10-19)14-11-20;1-2-10-7(12)5-6-11-8(13)3-4-9(11)14;2*1-9-6(11)4-5-10-7(12)2-3-8(10)13;1-3-5-8-7(9)4-6-10-2;1-3-7-6(8)4-5-9-2;;;;;;;/h8-11,22,28H,1,3-7,12-18H2,2H3,(H,27,30)(H,31,32);6-9H,2-5,10-15H2,1H3,(H,21,23);3-4H,2,5-6H2,1H3,(H,10,12);2-3H,4-5H2,1H3,(H,9,11);2-3H,1,4-5H2,(H,9,11);3-6H2,1-2H3,(H,8,9);1,3-5H2,2H3,(H,7,8);1H2;;;;;;/q;;;;-1;;-1;;;;;;;. The number of unbranched alkanes of at least 4 members (excludes halogenated alkanes) is 1. The second kappa shape index (κ2) is 92.8. The van der Waals surface area contributed by atoms with Gasteiger partial charge in [-0.2, -0.15) is 0 Å². The number of imide groups is 3. The Morgan fingerprint density at radius 2 is 0.789 bits per heavy atom. The molecule has 3 heterocycles. The molecule has 6 radical (unpaired) electrons. The molecule has 1 atom stereocenters. The molecule has 2 aromatic rings. The van der Waals surface area contributed by atoms with Crippen molar-refractivity contribution in [1.29, 1.82) is 0 Å². The summed E-state index contributed by atoms with van der Waals surface area (Å²) in [6.07, 6.45) is 16.2. The first-order chi connectivity index (χ1) is 55.7. The van der Waals surface area contributed by atoms with Crippen LogP contribution in [-0.2, 0) is 295 Å². The maximum Gasteiger partial charge on any atom is 0.326 e. The number of ether oxygens (including phenoxy) is 4. The average Bonchev–Trinajstić information content (AvgIpc) is 1.85. The van der Waals surface area contributed by atoms with Gasteiger partial charge in [0.2, 0.25) is 35.4 Å². The topological polar surface area (TPSA) is 440 Å². The number of aliphatic carboxylic acids is 1. The number of nitrogens with zero attached hydrogens (tertiary/aromatic N) is 5. The van der Waals surface area contributed by atoms with E-state index in [1.807, 2.05) is 13.8 Å². The predicted molar refractivity (Wildman–Crippen MR) is 454 cm³/mol. The van der Waals surface area contributed by atoms with E-state index in [1.165, 1.54) is 49.1 Å². The maximum absolute atomic E-state index is 11.7. The number of alkyl halides is 4. The number of carboxylic acid groups (broad SMARTS) is 1. The number of anilines is 2. The summed E-state index contributed by atoms with van der Waals surface area (Å²) in [6, 6.07) is 16.0. The van der Waals surface area contributed by atoms with Crippen LogP contribution in [0.5, 0.6) is 0 Å². The zero-order valence-corrected chi connectivity index (χ0v) is 92.3. The van der Waals surface area contributed by atoms with Crippen molar-refractivity contribution in [1.82, 2.24) is 57.2 Å². The summed E-state index contributed by atoms with van der Waals surface area (Å²) in [5.41, 5.74) is 5.30. The fourth-order valence-corrected chi connectivity index (χ4v) is 10.6. The van der Waals surface area contributed by atoms with Crippen molar-refractivity contribution in [2.75, 3.05) is 174 Å². The van der Waals surface area contributed by atoms with Crippen molar-refractivity contribution >= 4 is 141 Å². The van der Waals surface area contributed by atoms with Crippen molar-refractivity contribution in [3.05, 3.63) is 122 Å². The van der Waals surface area contributed by atoms with E-state index < -0.39 is 12.0 Å². The van der Waals surface area contributed by atoms with Crippen molar-refractivity contribution in [3.8, 4) is 0 Å². The summed E-state index contributed by atoms with van der Waals surface area (Å²) in [4.78, 5) is 162. The van der Waals surface area contributed by atoms with E-state index in [-0.39, 0.29) is 317 Å². The van der Waals surface area contributed by atoms with Gasteiger partial charge in [0.05, 0.1) is 19.8 Å². The third-order valence-electron chi connectivity index (χ3n) is 16.1. The average molecular weight is 2260 g/mol. The fourth-order valence-electron chi connectivity index (χ4n) is 9.80. The van der Waals surface area contributed by atoms with E-state index in [2.05, 4.69) is 126 Å². The molecule has 2 aromatic carbocycles. The van der Waals surface area contributed by atoms with Gasteiger partial charge in [0.1, 0.15) is 6.04 Å². The van der Waals surface area contributed by atoms with Crippen LogP contribution in [-0.4, -0.2) is 278 Å². The van der Waals surface area contributed by atoms with Gasteiger partial charge in [0, 0.05) is 432 Å². The van der Waals surface area contributed by atoms with E-state index in [1.54, 1.807) is 28.4 Å². The van der Waals surface area contributed by atoms with E-state index in [0.29, 0.717) is 133 Å². The molecule has 678 valence electrons. The molecule has 3 aliphatic heterocycles. The van der Waals surface area contributed by atoms with Crippen molar-refractivity contribution in [2.24, 2.45) is 0 Å². The molecule has 1 unspecified atom stereocenters. The summed E-state index contributed by atoms with van der Waals surface area (Å²) in [7, 11) is 11.0. The number of methoxy groups -OCH3 is 4. The third kappa shape index (κ3) is 72.9. The number of carboxylic acids is 1. The number of rotatable bonds is 51. The van der Waals surface area contributed by atoms with E-state index in [9.17, 15) is 72.2 Å². The molecular weight excluding hydrogens is 2140 g/mol. The number of hydrogen-bond acceptors (Lipinski definition) is 21. The zero-order chi connectivity index (χ0) is 87.3. The molecule has 13 amide bonds. The molecular formula is C80H125Cl4N13O20Y6-2. The first-order valence-electron chi connectivity index (χ1n) is 38.2. The molecule has 0 fully saturated rings. The Morgan fingerprint density at radius 1 is 0.447 bits per heavy atom. The van der Waals surface area contributed by atoms with Gasteiger partial charge in [-0.1, -0.05) is 37.8 Å². The Hall–Kier alpha value is -2.44. The quantitative estimate of drug-likeness (QED) is 0.0189. The van der Waals surface area contributed by atoms with Crippen LogP contribution in [0.3, 0.4) is 0 Å². The van der Waals surface area contributed by atoms with Gasteiger partial charge in [0.15, 0.2) is 5.91 Å². The Kier molecular flexibility index (Phi) is 104. The maximum atomic E-state index is 11.7. The molecule has 0 aromatic heterocycles. The normalized spacial score (nSPS) is 11.6. The van der Waals surface area contributed by atoms with Gasteiger partial charge in [-0.3, -0.25) is 84.1 Å². The van der Waals surface area contributed by atoms with Gasteiger partial charge in [0.25, 0.3) is 35.4 Å². The van der Waals surface area contributed by atoms with Crippen LogP contribution in [0.1, 0.15) is 115 Å². The molecule has 5 rings (SSSR count). The number of benzene rings is 2. The molecule has 0 saturated carbocycles. The van der Waals surface area contributed by atoms with E-state index in [0.717, 1.165) is 96.5 Å². The Balaban J connectivity index is -0.000000183. The zero-order valence-electron chi connectivity index (χ0n) is 72.2. The van der Waals surface area contributed by atoms with Gasteiger partial charge in [-0.15, -0.1) is 52.9 Å². The predicted octanol–water partition coefficient (Wildman–Crippen LogP) is 4.61. The molecule has 33 nitrogen and oxygen atoms in total. The van der Waals surface area contributed by atoms with Crippen LogP contribution in [0.15, 0.2) is 97.3 Å². The minimum atomic E-state index is -0.900. The first-order valence-corrected chi connectivity index (χ1v) is 40.4.